The summed E-state index contributed by atoms with van der Waals surface area (Å²) in [6.45, 7) is 2.65. The van der Waals surface area contributed by atoms with Gasteiger partial charge in [-0.25, -0.2) is 9.59 Å². The Labute approximate surface area is 171 Å². The molecule has 1 aromatic carbocycles. The quantitative estimate of drug-likeness (QED) is 0.614. The van der Waals surface area contributed by atoms with Gasteiger partial charge in [0.2, 0.25) is 0 Å². The van der Waals surface area contributed by atoms with E-state index in [2.05, 4.69) is 10.6 Å². The molecule has 1 fully saturated rings. The Kier molecular flexibility index (Phi) is 6.98. The molecule has 2 heterocycles. The van der Waals surface area contributed by atoms with Gasteiger partial charge in [0.15, 0.2) is 11.5 Å². The van der Waals surface area contributed by atoms with Crippen molar-refractivity contribution in [2.45, 2.75) is 31.7 Å². The van der Waals surface area contributed by atoms with Crippen LogP contribution in [0.5, 0.6) is 11.5 Å². The average molecular weight is 404 g/mol. The van der Waals surface area contributed by atoms with Gasteiger partial charge >= 0.3 is 12.0 Å². The molecule has 2 aliphatic rings. The lowest BCUT2D eigenvalue weighted by Crippen LogP contribution is -3.12. The summed E-state index contributed by atoms with van der Waals surface area (Å²) in [5.41, 5.74) is 1.77. The van der Waals surface area contributed by atoms with Gasteiger partial charge in [0.05, 0.1) is 51.7 Å². The average Bonchev–Trinajstić information content (AvgIpc) is 3.01. The first-order valence-electron chi connectivity index (χ1n) is 10.0. The maximum absolute atomic E-state index is 12.7. The normalized spacial score (nSPS) is 20.4. The molecule has 2 amide bonds. The summed E-state index contributed by atoms with van der Waals surface area (Å²) in [6, 6.07) is 4.39. The summed E-state index contributed by atoms with van der Waals surface area (Å²) in [5, 5.41) is 5.70. The number of nitrogens with one attached hydrogen (secondary N) is 3. The Bertz CT molecular complexity index is 785. The van der Waals surface area contributed by atoms with Gasteiger partial charge in [-0.15, -0.1) is 0 Å². The van der Waals surface area contributed by atoms with Crippen molar-refractivity contribution in [2.24, 2.45) is 0 Å². The van der Waals surface area contributed by atoms with E-state index in [0.29, 0.717) is 29.3 Å². The number of rotatable bonds is 6. The SMILES string of the molecule is COC(=O)C1=C(C[NH+]2CCCCCC2)NC(=O)N[C@@H]1c1ccc(OC)c(OC)c1. The van der Waals surface area contributed by atoms with Crippen molar-refractivity contribution < 1.29 is 28.7 Å². The highest BCUT2D eigenvalue weighted by Crippen LogP contribution is 2.34. The molecule has 2 aliphatic heterocycles. The first-order chi connectivity index (χ1) is 14.1. The third-order valence-corrected chi connectivity index (χ3v) is 5.54. The molecule has 1 aromatic rings. The summed E-state index contributed by atoms with van der Waals surface area (Å²) in [7, 11) is 4.47. The van der Waals surface area contributed by atoms with E-state index in [4.69, 9.17) is 14.2 Å². The molecule has 8 heteroatoms. The van der Waals surface area contributed by atoms with Crippen molar-refractivity contribution >= 4 is 12.0 Å². The van der Waals surface area contributed by atoms with Crippen LogP contribution in [0, 0.1) is 0 Å². The summed E-state index contributed by atoms with van der Waals surface area (Å²) in [5.74, 6) is 0.651. The zero-order chi connectivity index (χ0) is 20.8. The third-order valence-electron chi connectivity index (χ3n) is 5.54. The summed E-state index contributed by atoms with van der Waals surface area (Å²) >= 11 is 0. The van der Waals surface area contributed by atoms with E-state index in [1.54, 1.807) is 26.4 Å². The summed E-state index contributed by atoms with van der Waals surface area (Å²) < 4.78 is 15.8. The molecular formula is C21H30N3O5+. The highest BCUT2D eigenvalue weighted by atomic mass is 16.5. The van der Waals surface area contributed by atoms with E-state index in [9.17, 15) is 9.59 Å². The number of urea groups is 1. The molecule has 3 rings (SSSR count). The number of esters is 1. The highest BCUT2D eigenvalue weighted by Gasteiger charge is 2.35. The van der Waals surface area contributed by atoms with Crippen LogP contribution in [0.3, 0.4) is 0 Å². The molecule has 8 nitrogen and oxygen atoms in total. The van der Waals surface area contributed by atoms with Crippen LogP contribution in [0.4, 0.5) is 4.79 Å². The zero-order valence-electron chi connectivity index (χ0n) is 17.3. The number of carbonyl (C=O) groups excluding carboxylic acids is 2. The molecule has 0 unspecified atom stereocenters. The molecule has 0 spiro atoms. The number of ether oxygens (including phenoxy) is 3. The topological polar surface area (TPSA) is 90.3 Å². The number of carbonyl (C=O) groups is 2. The van der Waals surface area contributed by atoms with Crippen molar-refractivity contribution in [1.29, 1.82) is 0 Å². The van der Waals surface area contributed by atoms with Gasteiger partial charge in [-0.3, -0.25) is 0 Å². The van der Waals surface area contributed by atoms with Crippen LogP contribution in [0.2, 0.25) is 0 Å². The molecule has 0 aliphatic carbocycles. The predicted octanol–water partition coefficient (Wildman–Crippen LogP) is 0.944. The van der Waals surface area contributed by atoms with Crippen molar-refractivity contribution in [3.63, 3.8) is 0 Å². The Morgan fingerprint density at radius 3 is 2.38 bits per heavy atom. The van der Waals surface area contributed by atoms with Crippen molar-refractivity contribution in [3.8, 4) is 11.5 Å². The number of methoxy groups -OCH3 is 3. The van der Waals surface area contributed by atoms with Gasteiger partial charge in [0.25, 0.3) is 0 Å². The monoisotopic (exact) mass is 404 g/mol. The number of quaternary nitrogens is 1. The molecule has 0 bridgehead atoms. The van der Waals surface area contributed by atoms with E-state index in [-0.39, 0.29) is 6.03 Å². The van der Waals surface area contributed by atoms with E-state index in [0.717, 1.165) is 31.5 Å². The van der Waals surface area contributed by atoms with E-state index < -0.39 is 12.0 Å². The van der Waals surface area contributed by atoms with Crippen LogP contribution < -0.4 is 25.0 Å². The van der Waals surface area contributed by atoms with Crippen LogP contribution in [0.1, 0.15) is 37.3 Å². The van der Waals surface area contributed by atoms with Gasteiger partial charge in [-0.1, -0.05) is 6.07 Å². The molecule has 0 saturated carbocycles. The van der Waals surface area contributed by atoms with Gasteiger partial charge in [0.1, 0.15) is 6.54 Å². The molecule has 158 valence electrons. The lowest BCUT2D eigenvalue weighted by atomic mass is 9.94. The smallest absolute Gasteiger partial charge is 0.338 e. The minimum absolute atomic E-state index is 0.332. The second kappa shape index (κ2) is 9.65. The fraction of sp³-hybridized carbons (Fsp3) is 0.524. The number of hydrogen-bond donors (Lipinski definition) is 3. The first kappa shape index (κ1) is 21.0. The van der Waals surface area contributed by atoms with Crippen LogP contribution in [0.15, 0.2) is 29.5 Å². The Hall–Kier alpha value is -2.74. The largest absolute Gasteiger partial charge is 0.493 e. The van der Waals surface area contributed by atoms with Crippen molar-refractivity contribution in [1.82, 2.24) is 10.6 Å². The minimum Gasteiger partial charge on any atom is -0.493 e. The van der Waals surface area contributed by atoms with Gasteiger partial charge < -0.3 is 29.7 Å². The number of benzene rings is 1. The van der Waals surface area contributed by atoms with Crippen LogP contribution in [-0.2, 0) is 9.53 Å². The predicted molar refractivity (Wildman–Crippen MR) is 107 cm³/mol. The Morgan fingerprint density at radius 1 is 1.07 bits per heavy atom. The van der Waals surface area contributed by atoms with E-state index in [1.165, 1.54) is 24.9 Å². The van der Waals surface area contributed by atoms with Gasteiger partial charge in [0, 0.05) is 0 Å². The minimum atomic E-state index is -0.627. The van der Waals surface area contributed by atoms with Crippen LogP contribution in [0.25, 0.3) is 0 Å². The van der Waals surface area contributed by atoms with Crippen LogP contribution in [-0.4, -0.2) is 53.0 Å². The zero-order valence-corrected chi connectivity index (χ0v) is 17.3. The fourth-order valence-corrected chi connectivity index (χ4v) is 4.05. The molecule has 3 N–H and O–H groups in total. The van der Waals surface area contributed by atoms with E-state index >= 15 is 0 Å². The molecule has 0 radical (unpaired) electrons. The molecule has 0 aromatic heterocycles. The number of likely N-dealkylation sites (tertiary alicyclic amines) is 1. The third kappa shape index (κ3) is 4.82. The molecule has 1 atom stereocenters. The second-order valence-corrected chi connectivity index (χ2v) is 7.37. The standard InChI is InChI=1S/C21H29N3O5/c1-27-16-9-8-14(12-17(16)28-2)19-18(20(25)29-3)15(22-21(26)23-19)13-24-10-6-4-5-7-11-24/h8-9,12,19H,4-7,10-11,13H2,1-3H3,(H2,22,23,26)/p+1/t19-/m1/s1. The number of hydrogen-bond acceptors (Lipinski definition) is 5. The first-order valence-corrected chi connectivity index (χ1v) is 10.0. The van der Waals surface area contributed by atoms with Gasteiger partial charge in [-0.2, -0.15) is 0 Å². The van der Waals surface area contributed by atoms with E-state index in [1.807, 2.05) is 6.07 Å². The van der Waals surface area contributed by atoms with Crippen molar-refractivity contribution in [3.05, 3.63) is 35.0 Å². The number of amides is 2. The second-order valence-electron chi connectivity index (χ2n) is 7.37. The maximum atomic E-state index is 12.7. The lowest BCUT2D eigenvalue weighted by molar-refractivity contribution is -0.894. The Balaban J connectivity index is 1.99. The van der Waals surface area contributed by atoms with Crippen LogP contribution >= 0.6 is 0 Å². The summed E-state index contributed by atoms with van der Waals surface area (Å²) in [6.07, 6.45) is 4.77. The molecule has 29 heavy (non-hydrogen) atoms. The fourth-order valence-electron chi connectivity index (χ4n) is 4.05. The maximum Gasteiger partial charge on any atom is 0.338 e. The summed E-state index contributed by atoms with van der Waals surface area (Å²) in [4.78, 5) is 26.5. The molecular weight excluding hydrogens is 374 g/mol. The van der Waals surface area contributed by atoms with Crippen molar-refractivity contribution in [2.75, 3.05) is 41.0 Å². The molecule has 1 saturated heterocycles. The van der Waals surface area contributed by atoms with Gasteiger partial charge in [-0.05, 0) is 43.4 Å². The highest BCUT2D eigenvalue weighted by molar-refractivity contribution is 5.95. The lowest BCUT2D eigenvalue weighted by Gasteiger charge is -2.30. The Morgan fingerprint density at radius 2 is 1.76 bits per heavy atom.